The summed E-state index contributed by atoms with van der Waals surface area (Å²) in [6.45, 7) is 5.04. The second-order valence-electron chi connectivity index (χ2n) is 5.48. The Morgan fingerprint density at radius 2 is 2.00 bits per heavy atom. The molecule has 0 aromatic heterocycles. The lowest BCUT2D eigenvalue weighted by molar-refractivity contribution is -0.123. The number of benzene rings is 1. The van der Waals surface area contributed by atoms with E-state index in [0.717, 1.165) is 18.4 Å². The topological polar surface area (TPSA) is 32.3 Å². The molecular weight excluding hydrogens is 243 g/mol. The van der Waals surface area contributed by atoms with E-state index in [0.29, 0.717) is 19.1 Å². The molecule has 2 rings (SSSR count). The lowest BCUT2D eigenvalue weighted by Gasteiger charge is -2.22. The van der Waals surface area contributed by atoms with Crippen LogP contribution in [-0.2, 0) is 11.3 Å². The Balaban J connectivity index is 1.93. The van der Waals surface area contributed by atoms with E-state index < -0.39 is 0 Å². The second kappa shape index (κ2) is 6.15. The quantitative estimate of drug-likeness (QED) is 0.855. The van der Waals surface area contributed by atoms with Gasteiger partial charge in [0.25, 0.3) is 0 Å². The SMILES string of the molecule is CC(C)NC(=O)CN(Cc1ccc(F)cc1)C1CC1. The van der Waals surface area contributed by atoms with Crippen LogP contribution in [0.15, 0.2) is 24.3 Å². The van der Waals surface area contributed by atoms with Crippen molar-refractivity contribution in [3.63, 3.8) is 0 Å². The highest BCUT2D eigenvalue weighted by atomic mass is 19.1. The lowest BCUT2D eigenvalue weighted by atomic mass is 10.2. The zero-order valence-electron chi connectivity index (χ0n) is 11.5. The van der Waals surface area contributed by atoms with Gasteiger partial charge in [0, 0.05) is 18.6 Å². The van der Waals surface area contributed by atoms with Crippen LogP contribution in [0.5, 0.6) is 0 Å². The van der Waals surface area contributed by atoms with Crippen LogP contribution in [0, 0.1) is 5.82 Å². The van der Waals surface area contributed by atoms with Gasteiger partial charge in [0.2, 0.25) is 5.91 Å². The highest BCUT2D eigenvalue weighted by Gasteiger charge is 2.30. The average Bonchev–Trinajstić information content (AvgIpc) is 3.14. The van der Waals surface area contributed by atoms with Crippen molar-refractivity contribution in [3.05, 3.63) is 35.6 Å². The maximum Gasteiger partial charge on any atom is 0.234 e. The summed E-state index contributed by atoms with van der Waals surface area (Å²) in [5.41, 5.74) is 1.05. The van der Waals surface area contributed by atoms with Gasteiger partial charge in [-0.1, -0.05) is 12.1 Å². The Labute approximate surface area is 113 Å². The molecule has 3 nitrogen and oxygen atoms in total. The monoisotopic (exact) mass is 264 g/mol. The van der Waals surface area contributed by atoms with E-state index in [2.05, 4.69) is 10.2 Å². The van der Waals surface area contributed by atoms with Gasteiger partial charge in [0.1, 0.15) is 5.82 Å². The Kier molecular flexibility index (Phi) is 4.53. The summed E-state index contributed by atoms with van der Waals surface area (Å²) < 4.78 is 12.9. The van der Waals surface area contributed by atoms with E-state index in [-0.39, 0.29) is 17.8 Å². The van der Waals surface area contributed by atoms with Crippen LogP contribution < -0.4 is 5.32 Å². The largest absolute Gasteiger partial charge is 0.353 e. The van der Waals surface area contributed by atoms with Crippen LogP contribution in [0.25, 0.3) is 0 Å². The van der Waals surface area contributed by atoms with Crippen LogP contribution in [0.4, 0.5) is 4.39 Å². The zero-order chi connectivity index (χ0) is 13.8. The minimum atomic E-state index is -0.223. The normalized spacial score (nSPS) is 15.0. The van der Waals surface area contributed by atoms with Crippen molar-refractivity contribution in [2.75, 3.05) is 6.54 Å². The van der Waals surface area contributed by atoms with Crippen molar-refractivity contribution in [2.24, 2.45) is 0 Å². The molecule has 1 amide bonds. The fraction of sp³-hybridized carbons (Fsp3) is 0.533. The number of nitrogens with one attached hydrogen (secondary N) is 1. The lowest BCUT2D eigenvalue weighted by Crippen LogP contribution is -2.40. The molecule has 19 heavy (non-hydrogen) atoms. The Bertz CT molecular complexity index is 426. The number of halogens is 1. The maximum absolute atomic E-state index is 12.9. The minimum absolute atomic E-state index is 0.0593. The van der Waals surface area contributed by atoms with Gasteiger partial charge in [-0.3, -0.25) is 9.69 Å². The smallest absolute Gasteiger partial charge is 0.234 e. The van der Waals surface area contributed by atoms with E-state index in [9.17, 15) is 9.18 Å². The first-order chi connectivity index (χ1) is 9.04. The number of hydrogen-bond donors (Lipinski definition) is 1. The van der Waals surface area contributed by atoms with Crippen LogP contribution in [0.2, 0.25) is 0 Å². The predicted molar refractivity (Wildman–Crippen MR) is 73.1 cm³/mol. The fourth-order valence-corrected chi connectivity index (χ4v) is 2.13. The van der Waals surface area contributed by atoms with Gasteiger partial charge in [-0.15, -0.1) is 0 Å². The van der Waals surface area contributed by atoms with Crippen molar-refractivity contribution >= 4 is 5.91 Å². The molecule has 1 aromatic rings. The van der Waals surface area contributed by atoms with Crippen molar-refractivity contribution < 1.29 is 9.18 Å². The van der Waals surface area contributed by atoms with E-state index in [1.165, 1.54) is 12.1 Å². The highest BCUT2D eigenvalue weighted by molar-refractivity contribution is 5.78. The summed E-state index contributed by atoms with van der Waals surface area (Å²) in [7, 11) is 0. The molecule has 0 radical (unpaired) electrons. The Morgan fingerprint density at radius 3 is 2.53 bits per heavy atom. The first-order valence-corrected chi connectivity index (χ1v) is 6.82. The molecule has 0 heterocycles. The predicted octanol–water partition coefficient (Wildman–Crippen LogP) is 2.31. The molecule has 1 fully saturated rings. The van der Waals surface area contributed by atoms with Gasteiger partial charge in [0.05, 0.1) is 6.54 Å². The number of carbonyl (C=O) groups is 1. The van der Waals surface area contributed by atoms with Crippen molar-refractivity contribution in [1.82, 2.24) is 10.2 Å². The molecule has 0 saturated heterocycles. The highest BCUT2D eigenvalue weighted by Crippen LogP contribution is 2.28. The molecule has 1 aromatic carbocycles. The van der Waals surface area contributed by atoms with Crippen molar-refractivity contribution in [2.45, 2.75) is 45.3 Å². The second-order valence-corrected chi connectivity index (χ2v) is 5.48. The maximum atomic E-state index is 12.9. The van der Waals surface area contributed by atoms with Crippen LogP contribution in [0.3, 0.4) is 0 Å². The number of carbonyl (C=O) groups excluding carboxylic acids is 1. The third-order valence-electron chi connectivity index (χ3n) is 3.16. The van der Waals surface area contributed by atoms with Crippen molar-refractivity contribution in [1.29, 1.82) is 0 Å². The number of amides is 1. The van der Waals surface area contributed by atoms with Gasteiger partial charge in [-0.25, -0.2) is 4.39 Å². The summed E-state index contributed by atoms with van der Waals surface area (Å²) in [4.78, 5) is 14.0. The minimum Gasteiger partial charge on any atom is -0.353 e. The van der Waals surface area contributed by atoms with Gasteiger partial charge >= 0.3 is 0 Å². The molecule has 4 heteroatoms. The zero-order valence-corrected chi connectivity index (χ0v) is 11.5. The molecule has 0 aliphatic heterocycles. The van der Waals surface area contributed by atoms with Crippen LogP contribution >= 0.6 is 0 Å². The molecule has 104 valence electrons. The third kappa shape index (κ3) is 4.63. The summed E-state index contributed by atoms with van der Waals surface area (Å²) in [5.74, 6) is -0.164. The average molecular weight is 264 g/mol. The molecule has 0 spiro atoms. The molecule has 0 atom stereocenters. The first-order valence-electron chi connectivity index (χ1n) is 6.82. The third-order valence-corrected chi connectivity index (χ3v) is 3.16. The van der Waals surface area contributed by atoms with Gasteiger partial charge in [0.15, 0.2) is 0 Å². The number of rotatable bonds is 6. The number of nitrogens with zero attached hydrogens (tertiary/aromatic N) is 1. The van der Waals surface area contributed by atoms with E-state index in [4.69, 9.17) is 0 Å². The number of hydrogen-bond acceptors (Lipinski definition) is 2. The molecule has 1 aliphatic rings. The van der Waals surface area contributed by atoms with Crippen LogP contribution in [0.1, 0.15) is 32.3 Å². The van der Waals surface area contributed by atoms with Gasteiger partial charge < -0.3 is 5.32 Å². The molecule has 1 N–H and O–H groups in total. The van der Waals surface area contributed by atoms with E-state index in [1.807, 2.05) is 13.8 Å². The summed E-state index contributed by atoms with van der Waals surface area (Å²) in [5, 5.41) is 2.91. The van der Waals surface area contributed by atoms with Crippen molar-refractivity contribution in [3.8, 4) is 0 Å². The molecule has 0 bridgehead atoms. The van der Waals surface area contributed by atoms with Crippen LogP contribution in [-0.4, -0.2) is 29.4 Å². The first kappa shape index (κ1) is 14.0. The van der Waals surface area contributed by atoms with E-state index >= 15 is 0 Å². The summed E-state index contributed by atoms with van der Waals surface area (Å²) in [6, 6.07) is 7.17. The fourth-order valence-electron chi connectivity index (χ4n) is 2.13. The molecule has 1 saturated carbocycles. The molecule has 0 unspecified atom stereocenters. The standard InChI is InChI=1S/C15H21FN2O/c1-11(2)17-15(19)10-18(14-7-8-14)9-12-3-5-13(16)6-4-12/h3-6,11,14H,7-10H2,1-2H3,(H,17,19). The molecule has 1 aliphatic carbocycles. The Morgan fingerprint density at radius 1 is 1.37 bits per heavy atom. The van der Waals surface area contributed by atoms with E-state index in [1.54, 1.807) is 12.1 Å². The summed E-state index contributed by atoms with van der Waals surface area (Å²) >= 11 is 0. The Hall–Kier alpha value is -1.42. The summed E-state index contributed by atoms with van der Waals surface area (Å²) in [6.07, 6.45) is 2.30. The molecular formula is C15H21FN2O. The van der Waals surface area contributed by atoms with Gasteiger partial charge in [-0.2, -0.15) is 0 Å². The van der Waals surface area contributed by atoms with Gasteiger partial charge in [-0.05, 0) is 44.4 Å².